The molecule has 1 aromatic carbocycles. The highest BCUT2D eigenvalue weighted by Crippen LogP contribution is 2.27. The van der Waals surface area contributed by atoms with Crippen molar-refractivity contribution in [3.8, 4) is 11.8 Å². The monoisotopic (exact) mass is 367 g/mol. The Morgan fingerprint density at radius 1 is 1.19 bits per heavy atom. The molecule has 0 bridgehead atoms. The lowest BCUT2D eigenvalue weighted by atomic mass is 10.0. The van der Waals surface area contributed by atoms with E-state index in [-0.39, 0.29) is 18.1 Å². The van der Waals surface area contributed by atoms with E-state index in [4.69, 9.17) is 0 Å². The van der Waals surface area contributed by atoms with Gasteiger partial charge in [0.05, 0.1) is 6.10 Å². The van der Waals surface area contributed by atoms with Crippen LogP contribution in [0.1, 0.15) is 44.3 Å². The molecule has 0 radical (unpaired) electrons. The number of carbonyl (C=O) groups excluding carboxylic acids is 1. The number of Topliss-reactive ketones (excluding diaryl/α,β-unsaturated/α-hetero) is 1. The van der Waals surface area contributed by atoms with Gasteiger partial charge in [0, 0.05) is 12.0 Å². The number of nitrogens with zero attached hydrogens (tertiary/aromatic N) is 1. The number of likely N-dealkylation sites (tertiary alicyclic amines) is 1. The van der Waals surface area contributed by atoms with Crippen LogP contribution in [0.2, 0.25) is 0 Å². The molecule has 1 saturated carbocycles. The zero-order valence-corrected chi connectivity index (χ0v) is 14.8. The fourth-order valence-corrected chi connectivity index (χ4v) is 2.74. The van der Waals surface area contributed by atoms with E-state index >= 15 is 0 Å². The van der Waals surface area contributed by atoms with Gasteiger partial charge in [-0.25, -0.2) is 0 Å². The molecule has 6 heteroatoms. The Bertz CT molecular complexity index is 639. The van der Waals surface area contributed by atoms with E-state index in [0.29, 0.717) is 0 Å². The molecule has 1 aliphatic carbocycles. The first-order valence-electron chi connectivity index (χ1n) is 8.89. The number of hydrogen-bond acceptors (Lipinski definition) is 3. The summed E-state index contributed by atoms with van der Waals surface area (Å²) in [6, 6.07) is 10.2. The van der Waals surface area contributed by atoms with Crippen molar-refractivity contribution in [1.82, 2.24) is 4.90 Å². The third-order valence-electron chi connectivity index (χ3n) is 4.54. The van der Waals surface area contributed by atoms with Gasteiger partial charge in [-0.15, -0.1) is 0 Å². The van der Waals surface area contributed by atoms with Gasteiger partial charge in [0.25, 0.3) is 0 Å². The third-order valence-corrected chi connectivity index (χ3v) is 4.54. The molecule has 0 aromatic heterocycles. The van der Waals surface area contributed by atoms with Gasteiger partial charge in [0.1, 0.15) is 0 Å². The minimum atomic E-state index is -4.79. The maximum atomic E-state index is 11.5. The number of aliphatic hydroxyl groups excluding tert-OH is 1. The molecule has 26 heavy (non-hydrogen) atoms. The maximum Gasteiger partial charge on any atom is 0.462 e. The Morgan fingerprint density at radius 2 is 1.77 bits per heavy atom. The van der Waals surface area contributed by atoms with Crippen molar-refractivity contribution in [3.05, 3.63) is 35.9 Å². The first-order chi connectivity index (χ1) is 12.3. The van der Waals surface area contributed by atoms with Crippen molar-refractivity contribution in [1.29, 1.82) is 0 Å². The average Bonchev–Trinajstić information content (AvgIpc) is 3.29. The summed E-state index contributed by atoms with van der Waals surface area (Å²) < 4.78 is 34.4. The van der Waals surface area contributed by atoms with Crippen LogP contribution in [0.5, 0.6) is 0 Å². The maximum absolute atomic E-state index is 11.5. The lowest BCUT2D eigenvalue weighted by Gasteiger charge is -2.28. The van der Waals surface area contributed by atoms with E-state index in [1.807, 2.05) is 30.3 Å². The number of benzene rings is 1. The molecule has 0 spiro atoms. The first-order valence-corrected chi connectivity index (χ1v) is 8.89. The highest BCUT2D eigenvalue weighted by atomic mass is 19.4. The standard InChI is InChI=1S/C13H19NO.C7H5F3O/c1-11(14-9-5-6-10-14)13(15)12-7-3-2-4-8-12;8-7(9,10)6(11)4-3-5-1-2-5/h2-4,7-8,11,13,15H,5-6,9-10H2,1H3;5H,1-2H2/t11?,13-;/m0./s1. The number of alkyl halides is 3. The van der Waals surface area contributed by atoms with Crippen LogP contribution < -0.4 is 0 Å². The van der Waals surface area contributed by atoms with Crippen molar-refractivity contribution in [2.75, 3.05) is 13.1 Å². The fourth-order valence-electron chi connectivity index (χ4n) is 2.74. The summed E-state index contributed by atoms with van der Waals surface area (Å²) in [6.07, 6.45) is -0.972. The zero-order chi connectivity index (χ0) is 19.2. The molecule has 2 aliphatic rings. The Morgan fingerprint density at radius 3 is 2.27 bits per heavy atom. The number of rotatable bonds is 3. The molecule has 1 aliphatic heterocycles. The van der Waals surface area contributed by atoms with Gasteiger partial charge in [-0.2, -0.15) is 13.2 Å². The van der Waals surface area contributed by atoms with Gasteiger partial charge >= 0.3 is 12.0 Å². The Hall–Kier alpha value is -1.84. The molecule has 2 atom stereocenters. The van der Waals surface area contributed by atoms with Crippen molar-refractivity contribution in [3.63, 3.8) is 0 Å². The average molecular weight is 367 g/mol. The molecule has 1 saturated heterocycles. The van der Waals surface area contributed by atoms with Crippen LogP contribution in [0.4, 0.5) is 13.2 Å². The molecular weight excluding hydrogens is 343 g/mol. The van der Waals surface area contributed by atoms with Gasteiger partial charge in [-0.05, 0) is 57.2 Å². The van der Waals surface area contributed by atoms with E-state index in [0.717, 1.165) is 31.5 Å². The molecule has 142 valence electrons. The van der Waals surface area contributed by atoms with E-state index < -0.39 is 12.0 Å². The molecule has 0 amide bonds. The summed E-state index contributed by atoms with van der Waals surface area (Å²) in [7, 11) is 0. The molecule has 3 rings (SSSR count). The Balaban J connectivity index is 0.000000197. The van der Waals surface area contributed by atoms with E-state index in [1.54, 1.807) is 5.92 Å². The topological polar surface area (TPSA) is 40.5 Å². The van der Waals surface area contributed by atoms with Crippen LogP contribution in [0.15, 0.2) is 30.3 Å². The van der Waals surface area contributed by atoms with Crippen LogP contribution in [-0.4, -0.2) is 41.1 Å². The number of ketones is 1. The molecule has 3 nitrogen and oxygen atoms in total. The van der Waals surface area contributed by atoms with Crippen LogP contribution in [-0.2, 0) is 4.79 Å². The lowest BCUT2D eigenvalue weighted by Crippen LogP contribution is -2.35. The third kappa shape index (κ3) is 6.47. The summed E-state index contributed by atoms with van der Waals surface area (Å²) in [6.45, 7) is 4.37. The molecule has 1 aromatic rings. The van der Waals surface area contributed by atoms with Crippen molar-refractivity contribution < 1.29 is 23.1 Å². The number of hydrogen-bond donors (Lipinski definition) is 1. The van der Waals surface area contributed by atoms with E-state index in [2.05, 4.69) is 17.7 Å². The highest BCUT2D eigenvalue weighted by Gasteiger charge is 2.37. The van der Waals surface area contributed by atoms with Crippen molar-refractivity contribution in [2.45, 2.75) is 50.9 Å². The summed E-state index contributed by atoms with van der Waals surface area (Å²) in [5.41, 5.74) is 1.02. The summed E-state index contributed by atoms with van der Waals surface area (Å²) in [4.78, 5) is 12.5. The molecule has 2 fully saturated rings. The predicted molar refractivity (Wildman–Crippen MR) is 93.2 cm³/mol. The predicted octanol–water partition coefficient (Wildman–Crippen LogP) is 3.74. The minimum Gasteiger partial charge on any atom is -0.387 e. The van der Waals surface area contributed by atoms with Gasteiger partial charge in [0.15, 0.2) is 0 Å². The highest BCUT2D eigenvalue weighted by molar-refractivity contribution is 5.99. The van der Waals surface area contributed by atoms with Crippen molar-refractivity contribution in [2.24, 2.45) is 5.92 Å². The van der Waals surface area contributed by atoms with Crippen LogP contribution in [0.3, 0.4) is 0 Å². The van der Waals surface area contributed by atoms with Crippen molar-refractivity contribution >= 4 is 5.78 Å². The zero-order valence-electron chi connectivity index (χ0n) is 14.8. The van der Waals surface area contributed by atoms with Gasteiger partial charge in [-0.3, -0.25) is 9.69 Å². The quantitative estimate of drug-likeness (QED) is 0.654. The molecular formula is C20H24F3NO2. The molecule has 1 unspecified atom stereocenters. The summed E-state index contributed by atoms with van der Waals surface area (Å²) in [5.74, 6) is 1.90. The Kier molecular flexibility index (Phi) is 7.24. The van der Waals surface area contributed by atoms with Crippen LogP contribution in [0.25, 0.3) is 0 Å². The number of halogens is 3. The second-order valence-corrected chi connectivity index (χ2v) is 6.71. The van der Waals surface area contributed by atoms with Crippen LogP contribution >= 0.6 is 0 Å². The second-order valence-electron chi connectivity index (χ2n) is 6.71. The summed E-state index contributed by atoms with van der Waals surface area (Å²) in [5, 5.41) is 10.2. The minimum absolute atomic E-state index is 0.0290. The van der Waals surface area contributed by atoms with E-state index in [9.17, 15) is 23.1 Å². The van der Waals surface area contributed by atoms with Crippen LogP contribution in [0, 0.1) is 17.8 Å². The van der Waals surface area contributed by atoms with Gasteiger partial charge in [0.2, 0.25) is 0 Å². The normalized spacial score (nSPS) is 19.6. The smallest absolute Gasteiger partial charge is 0.387 e. The SMILES string of the molecule is CC([C@H](O)c1ccccc1)N1CCCC1.O=C(C#CC1CC1)C(F)(F)F. The lowest BCUT2D eigenvalue weighted by molar-refractivity contribution is -0.164. The number of aliphatic hydroxyl groups is 1. The van der Waals surface area contributed by atoms with Gasteiger partial charge in [-0.1, -0.05) is 36.3 Å². The number of carbonyl (C=O) groups is 1. The fraction of sp³-hybridized carbons (Fsp3) is 0.550. The first kappa shape index (κ1) is 20.5. The molecule has 1 heterocycles. The Labute approximate surface area is 152 Å². The molecule has 1 N–H and O–H groups in total. The summed E-state index contributed by atoms with van der Waals surface area (Å²) >= 11 is 0. The largest absolute Gasteiger partial charge is 0.462 e. The second kappa shape index (κ2) is 9.20. The van der Waals surface area contributed by atoms with Gasteiger partial charge < -0.3 is 5.11 Å². The van der Waals surface area contributed by atoms with E-state index in [1.165, 1.54) is 12.8 Å².